The first-order valence-corrected chi connectivity index (χ1v) is 17.8. The molecule has 0 fully saturated rings. The molecular weight excluding hydrogens is 746 g/mol. The Morgan fingerprint density at radius 2 is 1.47 bits per heavy atom. The maximum atomic E-state index is 14.7. The number of hydrogen-bond donors (Lipinski definition) is 3. The number of aliphatic hydroxyl groups is 1. The highest BCUT2D eigenvalue weighted by atomic mass is 79.9. The van der Waals surface area contributed by atoms with Gasteiger partial charge in [-0.05, 0) is 59.2 Å². The Morgan fingerprint density at radius 1 is 0.837 bits per heavy atom. The fourth-order valence-electron chi connectivity index (χ4n) is 6.00. The van der Waals surface area contributed by atoms with Crippen molar-refractivity contribution >= 4 is 43.7 Å². The van der Waals surface area contributed by atoms with Gasteiger partial charge in [-0.25, -0.2) is 10.4 Å². The molecular formula is C40H37Br2N3O4. The maximum Gasteiger partial charge on any atom is 0.266 e. The highest BCUT2D eigenvalue weighted by molar-refractivity contribution is 9.10. The molecule has 3 N–H and O–H groups in total. The van der Waals surface area contributed by atoms with E-state index in [0.717, 1.165) is 36.8 Å². The zero-order chi connectivity index (χ0) is 34.1. The summed E-state index contributed by atoms with van der Waals surface area (Å²) in [6, 6.07) is 43.7. The minimum Gasteiger partial charge on any atom is -0.494 e. The molecule has 1 aliphatic heterocycles. The predicted molar refractivity (Wildman–Crippen MR) is 200 cm³/mol. The van der Waals surface area contributed by atoms with E-state index in [9.17, 15) is 4.79 Å². The molecule has 250 valence electrons. The van der Waals surface area contributed by atoms with Crippen LogP contribution in [-0.2, 0) is 16.0 Å². The normalized spacial score (nSPS) is 17.0. The number of aliphatic hydroxyl groups excluding tert-OH is 1. The van der Waals surface area contributed by atoms with E-state index in [1.807, 2.05) is 109 Å². The van der Waals surface area contributed by atoms with Crippen molar-refractivity contribution in [3.8, 4) is 5.75 Å². The van der Waals surface area contributed by atoms with Crippen LogP contribution in [0.2, 0.25) is 0 Å². The van der Waals surface area contributed by atoms with Crippen LogP contribution in [0.1, 0.15) is 46.3 Å². The summed E-state index contributed by atoms with van der Waals surface area (Å²) in [5.74, 6) is 0.727. The lowest BCUT2D eigenvalue weighted by atomic mass is 9.82. The smallest absolute Gasteiger partial charge is 0.266 e. The van der Waals surface area contributed by atoms with E-state index < -0.39 is 11.6 Å². The van der Waals surface area contributed by atoms with Gasteiger partial charge in [0.25, 0.3) is 5.91 Å². The van der Waals surface area contributed by atoms with E-state index in [1.54, 1.807) is 0 Å². The highest BCUT2D eigenvalue weighted by Crippen LogP contribution is 2.44. The fraction of sp³-hybridized carbons (Fsp3) is 0.200. The standard InChI is InChI=1S/C40H37Br2N3O4/c41-32-20-16-28(17-21-32)26-40(39(47)45-43-27-35(29-10-3-1-4-11-29)30-12-5-2-6-13-30)37(34-14-7-8-15-36(34)42)49-38(44-40)31-18-22-33(23-19-31)48-25-9-24-46/h1-8,10-23,35,37,43,46H,9,24-27H2,(H,45,47)/t37-,40-/m0/s1. The van der Waals surface area contributed by atoms with Gasteiger partial charge in [-0.3, -0.25) is 10.2 Å². The van der Waals surface area contributed by atoms with Crippen molar-refractivity contribution < 1.29 is 19.4 Å². The molecule has 0 radical (unpaired) electrons. The SMILES string of the molecule is O=C(NNCC(c1ccccc1)c1ccccc1)[C@@]1(Cc2ccc(Br)cc2)N=C(c2ccc(OCCCO)cc2)O[C@H]1c1ccccc1Br. The molecule has 5 aromatic carbocycles. The van der Waals surface area contributed by atoms with Crippen molar-refractivity contribution in [1.29, 1.82) is 0 Å². The summed E-state index contributed by atoms with van der Waals surface area (Å²) in [4.78, 5) is 19.9. The number of hydrazine groups is 1. The van der Waals surface area contributed by atoms with E-state index in [-0.39, 0.29) is 24.9 Å². The number of halogens is 2. The summed E-state index contributed by atoms with van der Waals surface area (Å²) in [7, 11) is 0. The van der Waals surface area contributed by atoms with Crippen LogP contribution in [0, 0.1) is 0 Å². The first-order chi connectivity index (χ1) is 24.0. The van der Waals surface area contributed by atoms with E-state index in [2.05, 4.69) is 67.0 Å². The van der Waals surface area contributed by atoms with Gasteiger partial charge in [0.1, 0.15) is 5.75 Å². The Labute approximate surface area is 303 Å². The average Bonchev–Trinajstić information content (AvgIpc) is 3.52. The first kappa shape index (κ1) is 34.6. The lowest BCUT2D eigenvalue weighted by Gasteiger charge is -2.31. The van der Waals surface area contributed by atoms with Crippen molar-refractivity contribution in [2.45, 2.75) is 30.4 Å². The van der Waals surface area contributed by atoms with Crippen molar-refractivity contribution in [2.75, 3.05) is 19.8 Å². The first-order valence-electron chi connectivity index (χ1n) is 16.2. The van der Waals surface area contributed by atoms with Gasteiger partial charge in [-0.1, -0.05) is 123 Å². The quantitative estimate of drug-likeness (QED) is 0.0787. The van der Waals surface area contributed by atoms with Crippen molar-refractivity contribution in [2.24, 2.45) is 4.99 Å². The van der Waals surface area contributed by atoms with Crippen LogP contribution < -0.4 is 15.6 Å². The third-order valence-electron chi connectivity index (χ3n) is 8.52. The molecule has 0 aromatic heterocycles. The number of amides is 1. The number of rotatable bonds is 14. The molecule has 2 atom stereocenters. The lowest BCUT2D eigenvalue weighted by molar-refractivity contribution is -0.130. The number of ether oxygens (including phenoxy) is 2. The summed E-state index contributed by atoms with van der Waals surface area (Å²) in [6.07, 6.45) is 0.0830. The minimum absolute atomic E-state index is 0.00110. The van der Waals surface area contributed by atoms with Crippen LogP contribution in [0.25, 0.3) is 0 Å². The molecule has 0 saturated carbocycles. The maximum absolute atomic E-state index is 14.7. The summed E-state index contributed by atoms with van der Waals surface area (Å²) < 4.78 is 14.2. The summed E-state index contributed by atoms with van der Waals surface area (Å²) in [6.45, 7) is 0.939. The summed E-state index contributed by atoms with van der Waals surface area (Å²) in [5.41, 5.74) is 9.70. The Hall–Kier alpha value is -4.28. The number of carbonyl (C=O) groups is 1. The van der Waals surface area contributed by atoms with Gasteiger partial charge >= 0.3 is 0 Å². The predicted octanol–water partition coefficient (Wildman–Crippen LogP) is 7.93. The molecule has 1 aliphatic rings. The molecule has 0 aliphatic carbocycles. The van der Waals surface area contributed by atoms with Crippen LogP contribution in [0.5, 0.6) is 5.75 Å². The van der Waals surface area contributed by atoms with Gasteiger partial charge in [0.2, 0.25) is 5.90 Å². The molecule has 7 nitrogen and oxygen atoms in total. The fourth-order valence-corrected chi connectivity index (χ4v) is 6.76. The van der Waals surface area contributed by atoms with Gasteiger partial charge in [-0.2, -0.15) is 0 Å². The van der Waals surface area contributed by atoms with E-state index >= 15 is 0 Å². The van der Waals surface area contributed by atoms with Gasteiger partial charge < -0.3 is 14.6 Å². The topological polar surface area (TPSA) is 92.2 Å². The zero-order valence-corrected chi connectivity index (χ0v) is 29.9. The van der Waals surface area contributed by atoms with E-state index in [4.69, 9.17) is 19.6 Å². The molecule has 9 heteroatoms. The summed E-state index contributed by atoms with van der Waals surface area (Å²) >= 11 is 7.26. The monoisotopic (exact) mass is 781 g/mol. The average molecular weight is 784 g/mol. The number of hydrogen-bond acceptors (Lipinski definition) is 6. The van der Waals surface area contributed by atoms with Crippen LogP contribution in [0.4, 0.5) is 0 Å². The molecule has 0 bridgehead atoms. The molecule has 0 saturated heterocycles. The van der Waals surface area contributed by atoms with Crippen molar-refractivity contribution in [1.82, 2.24) is 10.9 Å². The third-order valence-corrected chi connectivity index (χ3v) is 9.77. The Morgan fingerprint density at radius 3 is 2.10 bits per heavy atom. The van der Waals surface area contributed by atoms with Gasteiger partial charge in [0.15, 0.2) is 11.6 Å². The largest absolute Gasteiger partial charge is 0.494 e. The molecule has 0 unspecified atom stereocenters. The minimum atomic E-state index is -1.37. The van der Waals surface area contributed by atoms with Gasteiger partial charge in [0, 0.05) is 52.0 Å². The highest BCUT2D eigenvalue weighted by Gasteiger charge is 2.54. The number of nitrogens with one attached hydrogen (secondary N) is 2. The van der Waals surface area contributed by atoms with Crippen LogP contribution in [0.3, 0.4) is 0 Å². The number of benzene rings is 5. The lowest BCUT2D eigenvalue weighted by Crippen LogP contribution is -2.54. The second-order valence-corrected chi connectivity index (χ2v) is 13.6. The molecule has 49 heavy (non-hydrogen) atoms. The van der Waals surface area contributed by atoms with E-state index in [1.165, 1.54) is 0 Å². The zero-order valence-electron chi connectivity index (χ0n) is 26.8. The van der Waals surface area contributed by atoms with Crippen LogP contribution in [0.15, 0.2) is 147 Å². The second-order valence-electron chi connectivity index (χ2n) is 11.8. The van der Waals surface area contributed by atoms with E-state index in [0.29, 0.717) is 31.2 Å². The Bertz CT molecular complexity index is 1820. The number of aliphatic imine (C=N–C) groups is 1. The Balaban J connectivity index is 1.35. The second kappa shape index (κ2) is 16.4. The number of nitrogens with zero attached hydrogens (tertiary/aromatic N) is 1. The molecule has 1 amide bonds. The molecule has 6 rings (SSSR count). The number of carbonyl (C=O) groups excluding carboxylic acids is 1. The summed E-state index contributed by atoms with van der Waals surface area (Å²) in [5, 5.41) is 9.11. The van der Waals surface area contributed by atoms with Crippen LogP contribution in [-0.4, -0.2) is 42.2 Å². The molecule has 5 aromatic rings. The van der Waals surface area contributed by atoms with Crippen molar-refractivity contribution in [3.63, 3.8) is 0 Å². The van der Waals surface area contributed by atoms with Gasteiger partial charge in [-0.15, -0.1) is 0 Å². The van der Waals surface area contributed by atoms with Crippen LogP contribution >= 0.6 is 31.9 Å². The van der Waals surface area contributed by atoms with Crippen molar-refractivity contribution in [3.05, 3.63) is 170 Å². The van der Waals surface area contributed by atoms with Gasteiger partial charge in [0.05, 0.1) is 6.61 Å². The molecule has 1 heterocycles. The third kappa shape index (κ3) is 8.31. The Kier molecular flexibility index (Phi) is 11.6. The molecule has 0 spiro atoms.